The third-order valence-corrected chi connectivity index (χ3v) is 10.2. The van der Waals surface area contributed by atoms with E-state index in [-0.39, 0.29) is 28.8 Å². The van der Waals surface area contributed by atoms with Crippen LogP contribution in [0, 0.1) is 18.6 Å². The number of carbonyl (C=O) groups is 1. The summed E-state index contributed by atoms with van der Waals surface area (Å²) in [4.78, 5) is 25.3. The van der Waals surface area contributed by atoms with Gasteiger partial charge in [0, 0.05) is 12.3 Å². The lowest BCUT2D eigenvalue weighted by atomic mass is 9.96. The molecule has 8 nitrogen and oxygen atoms in total. The van der Waals surface area contributed by atoms with E-state index in [4.69, 9.17) is 5.73 Å². The van der Waals surface area contributed by atoms with Gasteiger partial charge >= 0.3 is 0 Å². The maximum absolute atomic E-state index is 14.9. The quantitative estimate of drug-likeness (QED) is 0.518. The first-order valence-electron chi connectivity index (χ1n) is 10.3. The maximum Gasteiger partial charge on any atom is 0.275 e. The minimum Gasteiger partial charge on any atom is -0.386 e. The highest BCUT2D eigenvalue weighted by molar-refractivity contribution is 8.03. The SMILES string of the molecule is Cc1cc(F)cnc1C(=O)Nc1ccc(F)c(C2(C)C[SH]3(=O)NCCCC3(C)C(N)=N2)n1. The van der Waals surface area contributed by atoms with Crippen LogP contribution in [0.15, 0.2) is 29.4 Å². The molecule has 0 saturated carbocycles. The van der Waals surface area contributed by atoms with Crippen molar-refractivity contribution in [1.29, 1.82) is 0 Å². The molecule has 2 atom stereocenters. The van der Waals surface area contributed by atoms with Crippen LogP contribution in [0.25, 0.3) is 0 Å². The lowest BCUT2D eigenvalue weighted by Gasteiger charge is -2.52. The molecule has 1 amide bonds. The predicted molar refractivity (Wildman–Crippen MR) is 120 cm³/mol. The van der Waals surface area contributed by atoms with Gasteiger partial charge in [-0.1, -0.05) is 0 Å². The molecule has 2 aromatic rings. The summed E-state index contributed by atoms with van der Waals surface area (Å²) in [5.74, 6) is -1.49. The van der Waals surface area contributed by atoms with Crippen molar-refractivity contribution in [3.05, 3.63) is 53.0 Å². The summed E-state index contributed by atoms with van der Waals surface area (Å²) in [6, 6.07) is 3.66. The number of rotatable bonds is 3. The predicted octanol–water partition coefficient (Wildman–Crippen LogP) is 1.98. The van der Waals surface area contributed by atoms with Crippen molar-refractivity contribution in [2.75, 3.05) is 17.6 Å². The Labute approximate surface area is 185 Å². The second-order valence-corrected chi connectivity index (χ2v) is 11.9. The Balaban J connectivity index is 1.70. The molecular formula is C21H26F2N6O2S. The van der Waals surface area contributed by atoms with Crippen molar-refractivity contribution in [2.45, 2.75) is 43.9 Å². The third kappa shape index (κ3) is 3.58. The van der Waals surface area contributed by atoms with Crippen molar-refractivity contribution < 1.29 is 17.8 Å². The van der Waals surface area contributed by atoms with E-state index in [0.717, 1.165) is 18.7 Å². The van der Waals surface area contributed by atoms with Gasteiger partial charge in [0.1, 0.15) is 40.2 Å². The number of aliphatic imine (C=N–C) groups is 1. The lowest BCUT2D eigenvalue weighted by molar-refractivity contribution is 0.102. The van der Waals surface area contributed by atoms with Crippen molar-refractivity contribution >= 4 is 27.7 Å². The first-order valence-corrected chi connectivity index (χ1v) is 12.2. The molecule has 32 heavy (non-hydrogen) atoms. The van der Waals surface area contributed by atoms with Gasteiger partial charge in [-0.05, 0) is 67.5 Å². The molecule has 2 aliphatic rings. The van der Waals surface area contributed by atoms with Crippen LogP contribution in [0.4, 0.5) is 14.6 Å². The van der Waals surface area contributed by atoms with Crippen molar-refractivity contribution in [3.8, 4) is 0 Å². The molecule has 0 spiro atoms. The highest BCUT2D eigenvalue weighted by atomic mass is 32.3. The Kier molecular flexibility index (Phi) is 5.36. The number of aryl methyl sites for hydroxylation is 1. The Morgan fingerprint density at radius 3 is 2.78 bits per heavy atom. The summed E-state index contributed by atoms with van der Waals surface area (Å²) in [5.41, 5.74) is 5.31. The molecule has 4 heterocycles. The standard InChI is InChI=1S/C21H26F2N6O2S/c1-12-9-13(22)10-25-16(12)18(30)28-15-6-5-14(23)17(27-15)20(2)11-32(31)21(3,19(24)29-20)7-4-8-26-32/h5-6,9-10,32H,4,7-8,11H2,1-3H3,(H2,24,29)(H,26,31)(H,27,28,30). The van der Waals surface area contributed by atoms with Crippen LogP contribution >= 0.6 is 0 Å². The smallest absolute Gasteiger partial charge is 0.275 e. The first-order chi connectivity index (χ1) is 15.0. The number of nitrogens with one attached hydrogen (secondary N) is 2. The van der Waals surface area contributed by atoms with E-state index in [0.29, 0.717) is 18.5 Å². The number of amidine groups is 1. The molecule has 1 fully saturated rings. The Morgan fingerprint density at radius 1 is 1.31 bits per heavy atom. The minimum absolute atomic E-state index is 0.0248. The zero-order valence-corrected chi connectivity index (χ0v) is 19.0. The van der Waals surface area contributed by atoms with E-state index < -0.39 is 37.9 Å². The van der Waals surface area contributed by atoms with E-state index in [1.165, 1.54) is 12.1 Å². The molecule has 0 radical (unpaired) electrons. The van der Waals surface area contributed by atoms with Crippen LogP contribution in [0.1, 0.15) is 48.4 Å². The zero-order valence-electron chi connectivity index (χ0n) is 18.1. The first kappa shape index (κ1) is 22.4. The summed E-state index contributed by atoms with van der Waals surface area (Å²) in [6.45, 7) is 5.61. The number of halogens is 2. The van der Waals surface area contributed by atoms with Gasteiger partial charge < -0.3 is 11.1 Å². The average Bonchev–Trinajstić information content (AvgIpc) is 2.70. The third-order valence-electron chi connectivity index (χ3n) is 6.31. The number of thiol groups is 1. The van der Waals surface area contributed by atoms with Crippen LogP contribution in [-0.4, -0.2) is 43.0 Å². The van der Waals surface area contributed by atoms with Crippen LogP contribution < -0.4 is 15.8 Å². The largest absolute Gasteiger partial charge is 0.386 e. The van der Waals surface area contributed by atoms with Gasteiger partial charge in [0.25, 0.3) is 5.91 Å². The zero-order chi connectivity index (χ0) is 23.3. The number of nitrogens with two attached hydrogens (primary N) is 1. The van der Waals surface area contributed by atoms with Crippen LogP contribution in [0.2, 0.25) is 0 Å². The number of hydrogen-bond acceptors (Lipinski definition) is 6. The Morgan fingerprint density at radius 2 is 2.06 bits per heavy atom. The van der Waals surface area contributed by atoms with Crippen molar-refractivity contribution in [3.63, 3.8) is 0 Å². The van der Waals surface area contributed by atoms with Gasteiger partial charge in [-0.15, -0.1) is 0 Å². The van der Waals surface area contributed by atoms with E-state index in [1.807, 2.05) is 6.92 Å². The molecule has 0 bridgehead atoms. The normalized spacial score (nSPS) is 27.7. The Bertz CT molecular complexity index is 1190. The van der Waals surface area contributed by atoms with E-state index in [9.17, 15) is 17.8 Å². The molecule has 11 heteroatoms. The highest BCUT2D eigenvalue weighted by Gasteiger charge is 2.53. The van der Waals surface area contributed by atoms with Crippen LogP contribution in [-0.2, 0) is 15.7 Å². The van der Waals surface area contributed by atoms with Gasteiger partial charge in [0.05, 0.1) is 10.9 Å². The fraction of sp³-hybridized carbons (Fsp3) is 0.429. The monoisotopic (exact) mass is 464 g/mol. The van der Waals surface area contributed by atoms with Gasteiger partial charge in [0.2, 0.25) is 0 Å². The second-order valence-electron chi connectivity index (χ2n) is 8.75. The maximum atomic E-state index is 14.9. The second kappa shape index (κ2) is 7.66. The van der Waals surface area contributed by atoms with Crippen molar-refractivity contribution in [2.24, 2.45) is 10.7 Å². The molecule has 4 rings (SSSR count). The number of anilines is 1. The van der Waals surface area contributed by atoms with Crippen LogP contribution in [0.3, 0.4) is 0 Å². The molecule has 2 unspecified atom stereocenters. The molecule has 4 N–H and O–H groups in total. The van der Waals surface area contributed by atoms with E-state index in [2.05, 4.69) is 25.0 Å². The highest BCUT2D eigenvalue weighted by Crippen LogP contribution is 2.43. The number of nitrogens with zero attached hydrogens (tertiary/aromatic N) is 3. The summed E-state index contributed by atoms with van der Waals surface area (Å²) < 4.78 is 44.4. The molecule has 2 aliphatic heterocycles. The number of hydrogen-bond donors (Lipinski definition) is 4. The molecule has 172 valence electrons. The summed E-state index contributed by atoms with van der Waals surface area (Å²) >= 11 is 0. The van der Waals surface area contributed by atoms with Gasteiger partial charge in [-0.25, -0.2) is 18.7 Å². The summed E-state index contributed by atoms with van der Waals surface area (Å²) in [7, 11) is -3.04. The van der Waals surface area contributed by atoms with E-state index in [1.54, 1.807) is 13.8 Å². The number of carbonyl (C=O) groups excluding carboxylic acids is 1. The van der Waals surface area contributed by atoms with E-state index >= 15 is 0 Å². The lowest BCUT2D eigenvalue weighted by Crippen LogP contribution is -2.67. The molecule has 0 aromatic carbocycles. The topological polar surface area (TPSA) is 122 Å². The van der Waals surface area contributed by atoms with Gasteiger partial charge in [-0.3, -0.25) is 18.7 Å². The summed E-state index contributed by atoms with van der Waals surface area (Å²) in [6.07, 6.45) is 2.40. The molecule has 0 aliphatic carbocycles. The summed E-state index contributed by atoms with van der Waals surface area (Å²) in [5, 5.41) is 2.56. The Hall–Kier alpha value is -2.79. The van der Waals surface area contributed by atoms with Crippen LogP contribution in [0.5, 0.6) is 0 Å². The van der Waals surface area contributed by atoms with Crippen molar-refractivity contribution in [1.82, 2.24) is 14.7 Å². The number of fused-ring (bicyclic) bond motifs is 1. The van der Waals surface area contributed by atoms with Gasteiger partial charge in [-0.2, -0.15) is 0 Å². The number of pyridine rings is 2. The fourth-order valence-electron chi connectivity index (χ4n) is 4.42. The fourth-order valence-corrected chi connectivity index (χ4v) is 7.77. The minimum atomic E-state index is -3.04. The number of aromatic nitrogens is 2. The number of amides is 1. The molecular weight excluding hydrogens is 438 g/mol. The molecule has 1 saturated heterocycles. The molecule has 2 aromatic heterocycles. The average molecular weight is 465 g/mol. The van der Waals surface area contributed by atoms with Gasteiger partial charge in [0.15, 0.2) is 0 Å².